The zero-order chi connectivity index (χ0) is 15.8. The van der Waals surface area contributed by atoms with Crippen molar-refractivity contribution in [1.29, 1.82) is 0 Å². The van der Waals surface area contributed by atoms with E-state index in [2.05, 4.69) is 31.0 Å². The van der Waals surface area contributed by atoms with E-state index < -0.39 is 11.0 Å². The van der Waals surface area contributed by atoms with Gasteiger partial charge in [-0.3, -0.25) is 9.69 Å². The Morgan fingerprint density at radius 3 is 1.85 bits per heavy atom. The molecule has 0 radical (unpaired) electrons. The van der Waals surface area contributed by atoms with Gasteiger partial charge < -0.3 is 11.1 Å². The van der Waals surface area contributed by atoms with Gasteiger partial charge in [-0.2, -0.15) is 0 Å². The van der Waals surface area contributed by atoms with Gasteiger partial charge in [-0.15, -0.1) is 0 Å². The summed E-state index contributed by atoms with van der Waals surface area (Å²) >= 11 is 0. The van der Waals surface area contributed by atoms with Crippen LogP contribution in [-0.4, -0.2) is 41.0 Å². The second-order valence-corrected chi connectivity index (χ2v) is 8.25. The molecule has 0 bridgehead atoms. The highest BCUT2D eigenvalue weighted by molar-refractivity contribution is 5.83. The highest BCUT2D eigenvalue weighted by Gasteiger charge is 2.41. The number of rotatable bonds is 3. The van der Waals surface area contributed by atoms with Crippen molar-refractivity contribution in [2.45, 2.75) is 78.4 Å². The van der Waals surface area contributed by atoms with E-state index >= 15 is 0 Å². The van der Waals surface area contributed by atoms with E-state index in [1.54, 1.807) is 0 Å². The smallest absolute Gasteiger partial charge is 0.227 e. The van der Waals surface area contributed by atoms with Crippen molar-refractivity contribution in [3.63, 3.8) is 0 Å². The molecule has 0 aromatic rings. The van der Waals surface area contributed by atoms with Crippen molar-refractivity contribution >= 4 is 5.91 Å². The fourth-order valence-electron chi connectivity index (χ4n) is 2.35. The van der Waals surface area contributed by atoms with E-state index in [9.17, 15) is 4.79 Å². The van der Waals surface area contributed by atoms with Crippen LogP contribution in [0.2, 0.25) is 0 Å². The van der Waals surface area contributed by atoms with Gasteiger partial charge in [-0.25, -0.2) is 0 Å². The summed E-state index contributed by atoms with van der Waals surface area (Å²) in [5, 5.41) is 3.19. The number of nitrogens with zero attached hydrogens (tertiary/aromatic N) is 1. The number of hydrogen-bond acceptors (Lipinski definition) is 3. The van der Waals surface area contributed by atoms with Crippen LogP contribution in [0, 0.1) is 5.41 Å². The van der Waals surface area contributed by atoms with Crippen molar-refractivity contribution in [1.82, 2.24) is 10.2 Å². The third-order valence-electron chi connectivity index (χ3n) is 4.96. The molecule has 118 valence electrons. The molecule has 0 atom stereocenters. The van der Waals surface area contributed by atoms with Crippen LogP contribution in [0.25, 0.3) is 0 Å². The van der Waals surface area contributed by atoms with Gasteiger partial charge in [0.25, 0.3) is 0 Å². The molecule has 1 fully saturated rings. The zero-order valence-electron chi connectivity index (χ0n) is 14.3. The molecule has 0 unspecified atom stereocenters. The first-order valence-electron chi connectivity index (χ1n) is 7.70. The molecule has 0 aromatic carbocycles. The summed E-state index contributed by atoms with van der Waals surface area (Å²) in [6, 6.07) is 0.280. The maximum atomic E-state index is 12.5. The largest absolute Gasteiger partial charge is 0.353 e. The molecule has 1 saturated heterocycles. The number of carbonyl (C=O) groups is 1. The summed E-state index contributed by atoms with van der Waals surface area (Å²) in [6.45, 7) is 16.5. The maximum absolute atomic E-state index is 12.5. The van der Waals surface area contributed by atoms with E-state index in [4.69, 9.17) is 5.73 Å². The van der Waals surface area contributed by atoms with Crippen molar-refractivity contribution in [2.75, 3.05) is 13.1 Å². The van der Waals surface area contributed by atoms with Crippen molar-refractivity contribution in [2.24, 2.45) is 11.1 Å². The number of hydrogen-bond donors (Lipinski definition) is 2. The number of piperidine rings is 1. The van der Waals surface area contributed by atoms with Crippen LogP contribution >= 0.6 is 0 Å². The number of carbonyl (C=O) groups excluding carboxylic acids is 1. The topological polar surface area (TPSA) is 58.4 Å². The summed E-state index contributed by atoms with van der Waals surface area (Å²) in [5.41, 5.74) is 5.26. The fourth-order valence-corrected chi connectivity index (χ4v) is 2.35. The molecule has 1 aliphatic heterocycles. The second-order valence-electron chi connectivity index (χ2n) is 8.25. The van der Waals surface area contributed by atoms with Gasteiger partial charge in [0.05, 0.1) is 5.41 Å². The van der Waals surface area contributed by atoms with Crippen molar-refractivity contribution in [3.05, 3.63) is 0 Å². The first-order chi connectivity index (χ1) is 8.85. The second kappa shape index (κ2) is 5.64. The molecule has 0 aliphatic carbocycles. The Morgan fingerprint density at radius 1 is 1.05 bits per heavy atom. The average molecular weight is 283 g/mol. The SMILES string of the molecule is CC(C)(C)N1CCC(NC(=O)C(C)(C)C(C)(C)N)CC1. The maximum Gasteiger partial charge on any atom is 0.227 e. The molecule has 1 heterocycles. The van der Waals surface area contributed by atoms with Gasteiger partial charge in [0.2, 0.25) is 5.91 Å². The van der Waals surface area contributed by atoms with Gasteiger partial charge in [-0.1, -0.05) is 0 Å². The lowest BCUT2D eigenvalue weighted by atomic mass is 9.74. The number of nitrogens with two attached hydrogens (primary N) is 1. The minimum absolute atomic E-state index is 0.0687. The van der Waals surface area contributed by atoms with Crippen LogP contribution in [0.3, 0.4) is 0 Å². The zero-order valence-corrected chi connectivity index (χ0v) is 14.3. The van der Waals surface area contributed by atoms with Gasteiger partial charge in [-0.05, 0) is 61.3 Å². The predicted octanol–water partition coefficient (Wildman–Crippen LogP) is 2.13. The third-order valence-corrected chi connectivity index (χ3v) is 4.96. The van der Waals surface area contributed by atoms with Gasteiger partial charge in [0.15, 0.2) is 0 Å². The summed E-state index contributed by atoms with van der Waals surface area (Å²) < 4.78 is 0. The Morgan fingerprint density at radius 2 is 1.50 bits per heavy atom. The van der Waals surface area contributed by atoms with Gasteiger partial charge in [0.1, 0.15) is 0 Å². The number of amides is 1. The molecular weight excluding hydrogens is 250 g/mol. The van der Waals surface area contributed by atoms with Crippen LogP contribution in [0.4, 0.5) is 0 Å². The first-order valence-corrected chi connectivity index (χ1v) is 7.70. The minimum Gasteiger partial charge on any atom is -0.353 e. The molecule has 0 spiro atoms. The van der Waals surface area contributed by atoms with Crippen LogP contribution in [-0.2, 0) is 4.79 Å². The molecule has 1 rings (SSSR count). The van der Waals surface area contributed by atoms with E-state index in [0.29, 0.717) is 0 Å². The fraction of sp³-hybridized carbons (Fsp3) is 0.938. The summed E-state index contributed by atoms with van der Waals surface area (Å²) in [7, 11) is 0. The van der Waals surface area contributed by atoms with Crippen LogP contribution in [0.1, 0.15) is 61.3 Å². The number of nitrogens with one attached hydrogen (secondary N) is 1. The molecule has 4 heteroatoms. The molecule has 1 aliphatic rings. The van der Waals surface area contributed by atoms with E-state index in [-0.39, 0.29) is 17.5 Å². The van der Waals surface area contributed by atoms with Crippen molar-refractivity contribution < 1.29 is 4.79 Å². The Kier molecular flexibility index (Phi) is 4.92. The lowest BCUT2D eigenvalue weighted by Crippen LogP contribution is -2.58. The van der Waals surface area contributed by atoms with E-state index in [1.165, 1.54) is 0 Å². The van der Waals surface area contributed by atoms with Crippen LogP contribution in [0.5, 0.6) is 0 Å². The lowest BCUT2D eigenvalue weighted by Gasteiger charge is -2.42. The Labute approximate surface area is 124 Å². The summed E-state index contributed by atoms with van der Waals surface area (Å²) in [5.74, 6) is 0.0687. The van der Waals surface area contributed by atoms with Gasteiger partial charge in [0, 0.05) is 30.2 Å². The molecule has 0 saturated carbocycles. The normalized spacial score (nSPS) is 20.0. The first kappa shape index (κ1) is 17.4. The molecule has 20 heavy (non-hydrogen) atoms. The molecular formula is C16H33N3O. The van der Waals surface area contributed by atoms with Gasteiger partial charge >= 0.3 is 0 Å². The molecule has 4 nitrogen and oxygen atoms in total. The van der Waals surface area contributed by atoms with Crippen molar-refractivity contribution in [3.8, 4) is 0 Å². The lowest BCUT2D eigenvalue weighted by molar-refractivity contribution is -0.133. The third kappa shape index (κ3) is 3.95. The monoisotopic (exact) mass is 283 g/mol. The Bertz CT molecular complexity index is 342. The summed E-state index contributed by atoms with van der Waals surface area (Å²) in [4.78, 5) is 14.9. The summed E-state index contributed by atoms with van der Waals surface area (Å²) in [6.07, 6.45) is 2.04. The molecule has 0 aromatic heterocycles. The Hall–Kier alpha value is -0.610. The van der Waals surface area contributed by atoms with Crippen LogP contribution < -0.4 is 11.1 Å². The number of likely N-dealkylation sites (tertiary alicyclic amines) is 1. The van der Waals surface area contributed by atoms with E-state index in [0.717, 1.165) is 25.9 Å². The van der Waals surface area contributed by atoms with Crippen LogP contribution in [0.15, 0.2) is 0 Å². The Balaban J connectivity index is 2.55. The highest BCUT2D eigenvalue weighted by atomic mass is 16.2. The molecule has 3 N–H and O–H groups in total. The predicted molar refractivity (Wildman–Crippen MR) is 84.5 cm³/mol. The highest BCUT2D eigenvalue weighted by Crippen LogP contribution is 2.29. The standard InChI is InChI=1S/C16H33N3O/c1-14(2,3)19-10-8-12(9-11-19)18-13(20)15(4,5)16(6,7)17/h12H,8-11,17H2,1-7H3,(H,18,20). The molecule has 1 amide bonds. The van der Waals surface area contributed by atoms with E-state index in [1.807, 2.05) is 27.7 Å². The quantitative estimate of drug-likeness (QED) is 0.834. The average Bonchev–Trinajstić information content (AvgIpc) is 2.26. The minimum atomic E-state index is -0.561.